The van der Waals surface area contributed by atoms with E-state index in [0.717, 1.165) is 16.5 Å². The second-order valence-electron chi connectivity index (χ2n) is 6.96. The number of nitrogens with one attached hydrogen (secondary N) is 1. The number of ether oxygens (including phenoxy) is 1. The van der Waals surface area contributed by atoms with Gasteiger partial charge in [0, 0.05) is 17.5 Å². The van der Waals surface area contributed by atoms with Gasteiger partial charge in [-0.2, -0.15) is 0 Å². The fourth-order valence-electron chi connectivity index (χ4n) is 3.00. The van der Waals surface area contributed by atoms with Crippen LogP contribution in [0, 0.1) is 5.82 Å². The molecular formula is C22H22FNO4. The molecule has 3 rings (SSSR count). The third-order valence-corrected chi connectivity index (χ3v) is 4.49. The highest BCUT2D eigenvalue weighted by Gasteiger charge is 2.12. The number of hydrogen-bond donors (Lipinski definition) is 1. The van der Waals surface area contributed by atoms with Crippen LogP contribution in [-0.4, -0.2) is 12.5 Å². The second-order valence-corrected chi connectivity index (χ2v) is 6.96. The first kappa shape index (κ1) is 19.6. The summed E-state index contributed by atoms with van der Waals surface area (Å²) in [6.07, 6.45) is 0. The summed E-state index contributed by atoms with van der Waals surface area (Å²) in [5, 5.41) is 3.64. The van der Waals surface area contributed by atoms with Gasteiger partial charge in [0.25, 0.3) is 5.91 Å². The molecule has 5 nitrogen and oxygen atoms in total. The predicted octanol–water partition coefficient (Wildman–Crippen LogP) is 4.31. The molecule has 0 bridgehead atoms. The SMILES string of the molecule is CC(C)c1cc(=O)oc2cc(OCC(=O)NC(C)c3ccc(F)cc3)ccc12. The molecule has 0 aliphatic heterocycles. The van der Waals surface area contributed by atoms with Crippen molar-refractivity contribution in [1.82, 2.24) is 5.32 Å². The second kappa shape index (κ2) is 8.25. The topological polar surface area (TPSA) is 68.5 Å². The molecule has 0 aliphatic carbocycles. The number of benzene rings is 2. The number of amides is 1. The van der Waals surface area contributed by atoms with Gasteiger partial charge in [0.15, 0.2) is 6.61 Å². The lowest BCUT2D eigenvalue weighted by Gasteiger charge is -2.15. The van der Waals surface area contributed by atoms with Gasteiger partial charge in [-0.3, -0.25) is 4.79 Å². The molecule has 1 unspecified atom stereocenters. The van der Waals surface area contributed by atoms with Gasteiger partial charge in [0.05, 0.1) is 6.04 Å². The average Bonchev–Trinajstić information content (AvgIpc) is 2.65. The first-order chi connectivity index (χ1) is 13.3. The van der Waals surface area contributed by atoms with E-state index in [0.29, 0.717) is 11.3 Å². The monoisotopic (exact) mass is 383 g/mol. The molecule has 3 aromatic rings. The fourth-order valence-corrected chi connectivity index (χ4v) is 3.00. The van der Waals surface area contributed by atoms with E-state index in [-0.39, 0.29) is 30.3 Å². The summed E-state index contributed by atoms with van der Waals surface area (Å²) in [4.78, 5) is 23.9. The highest BCUT2D eigenvalue weighted by atomic mass is 19.1. The largest absolute Gasteiger partial charge is 0.484 e. The van der Waals surface area contributed by atoms with Crippen molar-refractivity contribution < 1.29 is 18.3 Å². The maximum absolute atomic E-state index is 13.0. The van der Waals surface area contributed by atoms with Crippen molar-refractivity contribution >= 4 is 16.9 Å². The third kappa shape index (κ3) is 4.57. The van der Waals surface area contributed by atoms with Crippen LogP contribution in [0.15, 0.2) is 57.7 Å². The van der Waals surface area contributed by atoms with Crippen LogP contribution in [0.25, 0.3) is 11.0 Å². The Hall–Kier alpha value is -3.15. The van der Waals surface area contributed by atoms with E-state index >= 15 is 0 Å². The van der Waals surface area contributed by atoms with E-state index in [9.17, 15) is 14.0 Å². The lowest BCUT2D eigenvalue weighted by molar-refractivity contribution is -0.123. The van der Waals surface area contributed by atoms with Crippen LogP contribution in [0.4, 0.5) is 4.39 Å². The quantitative estimate of drug-likeness (QED) is 0.644. The lowest BCUT2D eigenvalue weighted by Crippen LogP contribution is -2.31. The van der Waals surface area contributed by atoms with Crippen molar-refractivity contribution in [2.45, 2.75) is 32.7 Å². The minimum atomic E-state index is -0.417. The normalized spacial score (nSPS) is 12.2. The van der Waals surface area contributed by atoms with E-state index in [2.05, 4.69) is 5.32 Å². The van der Waals surface area contributed by atoms with Gasteiger partial charge in [-0.15, -0.1) is 0 Å². The van der Waals surface area contributed by atoms with Crippen LogP contribution in [-0.2, 0) is 4.79 Å². The van der Waals surface area contributed by atoms with Gasteiger partial charge < -0.3 is 14.5 Å². The zero-order valence-electron chi connectivity index (χ0n) is 16.0. The van der Waals surface area contributed by atoms with Crippen molar-refractivity contribution in [3.63, 3.8) is 0 Å². The van der Waals surface area contributed by atoms with E-state index in [1.54, 1.807) is 24.3 Å². The Morgan fingerprint density at radius 1 is 1.11 bits per heavy atom. The van der Waals surface area contributed by atoms with Gasteiger partial charge in [0.1, 0.15) is 17.1 Å². The molecule has 0 spiro atoms. The highest BCUT2D eigenvalue weighted by molar-refractivity contribution is 5.82. The molecule has 0 aliphatic rings. The molecule has 6 heteroatoms. The Balaban J connectivity index is 1.67. The Morgan fingerprint density at radius 3 is 2.50 bits per heavy atom. The van der Waals surface area contributed by atoms with E-state index in [4.69, 9.17) is 9.15 Å². The predicted molar refractivity (Wildman–Crippen MR) is 105 cm³/mol. The van der Waals surface area contributed by atoms with Crippen LogP contribution in [0.5, 0.6) is 5.75 Å². The van der Waals surface area contributed by atoms with E-state index in [1.165, 1.54) is 18.2 Å². The van der Waals surface area contributed by atoms with Crippen molar-refractivity contribution in [3.8, 4) is 5.75 Å². The Morgan fingerprint density at radius 2 is 1.82 bits per heavy atom. The van der Waals surface area contributed by atoms with Gasteiger partial charge in [-0.1, -0.05) is 26.0 Å². The van der Waals surface area contributed by atoms with Crippen LogP contribution in [0.1, 0.15) is 43.9 Å². The number of rotatable bonds is 6. The molecule has 146 valence electrons. The molecule has 2 aromatic carbocycles. The maximum atomic E-state index is 13.0. The van der Waals surface area contributed by atoms with Crippen LogP contribution in [0.3, 0.4) is 0 Å². The summed E-state index contributed by atoms with van der Waals surface area (Å²) in [7, 11) is 0. The zero-order chi connectivity index (χ0) is 20.3. The summed E-state index contributed by atoms with van der Waals surface area (Å²) in [5.41, 5.74) is 1.71. The number of fused-ring (bicyclic) bond motifs is 1. The van der Waals surface area contributed by atoms with Gasteiger partial charge in [-0.05, 0) is 48.2 Å². The van der Waals surface area contributed by atoms with E-state index < -0.39 is 5.63 Å². The standard InChI is InChI=1S/C22H22FNO4/c1-13(2)19-11-22(26)28-20-10-17(8-9-18(19)20)27-12-21(25)24-14(3)15-4-6-16(23)7-5-15/h4-11,13-14H,12H2,1-3H3,(H,24,25). The molecule has 0 fully saturated rings. The van der Waals surface area contributed by atoms with Crippen LogP contribution in [0.2, 0.25) is 0 Å². The summed E-state index contributed by atoms with van der Waals surface area (Å²) < 4.78 is 23.8. The molecule has 1 aromatic heterocycles. The zero-order valence-corrected chi connectivity index (χ0v) is 16.0. The van der Waals surface area contributed by atoms with Crippen molar-refractivity contribution in [3.05, 3.63) is 75.9 Å². The fraction of sp³-hybridized carbons (Fsp3) is 0.273. The molecule has 1 heterocycles. The molecule has 1 amide bonds. The average molecular weight is 383 g/mol. The summed E-state index contributed by atoms with van der Waals surface area (Å²) in [6.45, 7) is 5.63. The Bertz CT molecular complexity index is 1040. The van der Waals surface area contributed by atoms with Crippen molar-refractivity contribution in [1.29, 1.82) is 0 Å². The van der Waals surface area contributed by atoms with Crippen LogP contribution >= 0.6 is 0 Å². The summed E-state index contributed by atoms with van der Waals surface area (Å²) in [5.74, 6) is -0.0262. The Kier molecular flexibility index (Phi) is 5.78. The van der Waals surface area contributed by atoms with Crippen LogP contribution < -0.4 is 15.7 Å². The Labute approximate surface area is 162 Å². The molecule has 28 heavy (non-hydrogen) atoms. The minimum Gasteiger partial charge on any atom is -0.484 e. The first-order valence-corrected chi connectivity index (χ1v) is 9.09. The molecular weight excluding hydrogens is 361 g/mol. The maximum Gasteiger partial charge on any atom is 0.336 e. The third-order valence-electron chi connectivity index (χ3n) is 4.49. The molecule has 0 radical (unpaired) electrons. The first-order valence-electron chi connectivity index (χ1n) is 9.09. The van der Waals surface area contributed by atoms with Gasteiger partial charge in [0.2, 0.25) is 0 Å². The van der Waals surface area contributed by atoms with Gasteiger partial charge in [-0.25, -0.2) is 9.18 Å². The number of halogens is 1. The summed E-state index contributed by atoms with van der Waals surface area (Å²) >= 11 is 0. The van der Waals surface area contributed by atoms with E-state index in [1.807, 2.05) is 26.8 Å². The number of hydrogen-bond acceptors (Lipinski definition) is 4. The number of carbonyl (C=O) groups is 1. The van der Waals surface area contributed by atoms with Crippen molar-refractivity contribution in [2.75, 3.05) is 6.61 Å². The molecule has 1 N–H and O–H groups in total. The molecule has 1 atom stereocenters. The van der Waals surface area contributed by atoms with Crippen molar-refractivity contribution in [2.24, 2.45) is 0 Å². The summed E-state index contributed by atoms with van der Waals surface area (Å²) in [6, 6.07) is 12.3. The molecule has 0 saturated heterocycles. The highest BCUT2D eigenvalue weighted by Crippen LogP contribution is 2.27. The molecule has 0 saturated carbocycles. The number of carbonyl (C=O) groups excluding carboxylic acids is 1. The minimum absolute atomic E-state index is 0.178. The smallest absolute Gasteiger partial charge is 0.336 e. The lowest BCUT2D eigenvalue weighted by atomic mass is 10.00. The van der Waals surface area contributed by atoms with Gasteiger partial charge >= 0.3 is 5.63 Å².